The molecule has 1 fully saturated rings. The predicted molar refractivity (Wildman–Crippen MR) is 102 cm³/mol. The van der Waals surface area contributed by atoms with E-state index in [1.807, 2.05) is 0 Å². The highest BCUT2D eigenvalue weighted by atomic mass is 35.5. The quantitative estimate of drug-likeness (QED) is 0.697. The summed E-state index contributed by atoms with van der Waals surface area (Å²) in [6, 6.07) is 10.7. The Morgan fingerprint density at radius 1 is 1.19 bits per heavy atom. The Bertz CT molecular complexity index is 927. The van der Waals surface area contributed by atoms with Crippen LogP contribution >= 0.6 is 11.6 Å². The third-order valence-electron chi connectivity index (χ3n) is 3.85. The molecule has 2 aromatic rings. The maximum absolute atomic E-state index is 12.5. The molecule has 1 amide bonds. The summed E-state index contributed by atoms with van der Waals surface area (Å²) in [5, 5.41) is 3.11. The highest BCUT2D eigenvalue weighted by molar-refractivity contribution is 7.92. The minimum Gasteiger partial charge on any atom is -0.495 e. The lowest BCUT2D eigenvalue weighted by atomic mass is 10.3. The van der Waals surface area contributed by atoms with E-state index in [0.717, 1.165) is 12.8 Å². The molecule has 1 aliphatic rings. The van der Waals surface area contributed by atoms with Gasteiger partial charge in [0.15, 0.2) is 6.61 Å². The molecule has 0 atom stereocenters. The third kappa shape index (κ3) is 5.27. The van der Waals surface area contributed by atoms with Crippen molar-refractivity contribution < 1.29 is 22.7 Å². The first-order valence-corrected chi connectivity index (χ1v) is 10.1. The molecule has 9 heteroatoms. The molecule has 0 bridgehead atoms. The largest absolute Gasteiger partial charge is 0.495 e. The van der Waals surface area contributed by atoms with E-state index in [-0.39, 0.29) is 23.5 Å². The van der Waals surface area contributed by atoms with E-state index in [4.69, 9.17) is 21.1 Å². The smallest absolute Gasteiger partial charge is 0.261 e. The summed E-state index contributed by atoms with van der Waals surface area (Å²) in [5.41, 5.74) is 0.317. The van der Waals surface area contributed by atoms with E-state index in [9.17, 15) is 13.2 Å². The molecule has 2 N–H and O–H groups in total. The summed E-state index contributed by atoms with van der Waals surface area (Å²) in [6.07, 6.45) is 2.01. The maximum atomic E-state index is 12.5. The molecule has 0 aliphatic heterocycles. The van der Waals surface area contributed by atoms with Crippen molar-refractivity contribution in [1.29, 1.82) is 0 Å². The van der Waals surface area contributed by atoms with Crippen molar-refractivity contribution in [3.63, 3.8) is 0 Å². The molecule has 0 radical (unpaired) electrons. The number of carbonyl (C=O) groups excluding carboxylic acids is 1. The zero-order chi connectivity index (χ0) is 19.4. The number of ether oxygens (including phenoxy) is 2. The van der Waals surface area contributed by atoms with Gasteiger partial charge in [0, 0.05) is 6.04 Å². The van der Waals surface area contributed by atoms with Crippen LogP contribution in [0.4, 0.5) is 5.69 Å². The fourth-order valence-electron chi connectivity index (χ4n) is 2.30. The number of hydrogen-bond donors (Lipinski definition) is 2. The van der Waals surface area contributed by atoms with E-state index < -0.39 is 10.0 Å². The van der Waals surface area contributed by atoms with Gasteiger partial charge in [-0.1, -0.05) is 11.6 Å². The van der Waals surface area contributed by atoms with Crippen molar-refractivity contribution in [3.8, 4) is 11.5 Å². The van der Waals surface area contributed by atoms with Crippen LogP contribution in [0.5, 0.6) is 11.5 Å². The minimum absolute atomic E-state index is 0.0595. The predicted octanol–water partition coefficient (Wildman–Crippen LogP) is 2.81. The molecule has 0 unspecified atom stereocenters. The van der Waals surface area contributed by atoms with E-state index >= 15 is 0 Å². The standard InChI is InChI=1S/C18H19ClN2O5S/c1-25-17-9-4-13(10-16(17)19)21-27(23,24)15-7-5-14(6-8-15)26-11-18(22)20-12-2-3-12/h4-10,12,21H,2-3,11H2,1H3,(H,20,22). The minimum atomic E-state index is -3.79. The summed E-state index contributed by atoms with van der Waals surface area (Å²) in [6.45, 7) is -0.106. The van der Waals surface area contributed by atoms with Crippen LogP contribution in [0.2, 0.25) is 5.02 Å². The van der Waals surface area contributed by atoms with Crippen LogP contribution in [-0.2, 0) is 14.8 Å². The van der Waals surface area contributed by atoms with Crippen LogP contribution in [0, 0.1) is 0 Å². The van der Waals surface area contributed by atoms with Crippen LogP contribution in [0.1, 0.15) is 12.8 Å². The van der Waals surface area contributed by atoms with Gasteiger partial charge < -0.3 is 14.8 Å². The van der Waals surface area contributed by atoms with E-state index in [1.165, 1.54) is 37.4 Å². The van der Waals surface area contributed by atoms with Crippen molar-refractivity contribution in [1.82, 2.24) is 5.32 Å². The average Bonchev–Trinajstić information content (AvgIpc) is 3.44. The average molecular weight is 411 g/mol. The lowest BCUT2D eigenvalue weighted by molar-refractivity contribution is -0.123. The van der Waals surface area contributed by atoms with E-state index in [1.54, 1.807) is 12.1 Å². The number of carbonyl (C=O) groups is 1. The highest BCUT2D eigenvalue weighted by Gasteiger charge is 2.23. The first-order chi connectivity index (χ1) is 12.9. The summed E-state index contributed by atoms with van der Waals surface area (Å²) < 4.78 is 37.8. The number of amides is 1. The summed E-state index contributed by atoms with van der Waals surface area (Å²) in [4.78, 5) is 11.7. The number of anilines is 1. The molecule has 27 heavy (non-hydrogen) atoms. The number of hydrogen-bond acceptors (Lipinski definition) is 5. The molecule has 1 aliphatic carbocycles. The molecule has 144 valence electrons. The molecule has 1 saturated carbocycles. The lowest BCUT2D eigenvalue weighted by Gasteiger charge is -2.11. The molecule has 2 aromatic carbocycles. The molecule has 7 nitrogen and oxygen atoms in total. The molecule has 3 rings (SSSR count). The normalized spacial score (nSPS) is 13.7. The Morgan fingerprint density at radius 2 is 1.89 bits per heavy atom. The fraction of sp³-hybridized carbons (Fsp3) is 0.278. The second-order valence-electron chi connectivity index (χ2n) is 6.06. The van der Waals surface area contributed by atoms with E-state index in [2.05, 4.69) is 10.0 Å². The van der Waals surface area contributed by atoms with Crippen molar-refractivity contribution >= 4 is 33.2 Å². The van der Waals surface area contributed by atoms with Crippen LogP contribution in [0.3, 0.4) is 0 Å². The molecular weight excluding hydrogens is 392 g/mol. The van der Waals surface area contributed by atoms with Gasteiger partial charge in [0.2, 0.25) is 0 Å². The fourth-order valence-corrected chi connectivity index (χ4v) is 3.61. The monoisotopic (exact) mass is 410 g/mol. The third-order valence-corrected chi connectivity index (χ3v) is 5.54. The number of halogens is 1. The van der Waals surface area contributed by atoms with Crippen LogP contribution in [0.15, 0.2) is 47.4 Å². The number of nitrogens with one attached hydrogen (secondary N) is 2. The first-order valence-electron chi connectivity index (χ1n) is 8.26. The van der Waals surface area contributed by atoms with Crippen molar-refractivity contribution in [2.45, 2.75) is 23.8 Å². The van der Waals surface area contributed by atoms with E-state index in [0.29, 0.717) is 22.2 Å². The van der Waals surface area contributed by atoms with Gasteiger partial charge in [0.05, 0.1) is 22.7 Å². The Kier molecular flexibility index (Phi) is 5.76. The van der Waals surface area contributed by atoms with Gasteiger partial charge in [-0.2, -0.15) is 0 Å². The Balaban J connectivity index is 1.62. The first kappa shape index (κ1) is 19.3. The topological polar surface area (TPSA) is 93.7 Å². The van der Waals surface area contributed by atoms with Gasteiger partial charge in [-0.15, -0.1) is 0 Å². The molecule has 0 aromatic heterocycles. The molecule has 0 saturated heterocycles. The van der Waals surface area contributed by atoms with Gasteiger partial charge in [-0.05, 0) is 55.3 Å². The Labute approximate surface area is 162 Å². The second-order valence-corrected chi connectivity index (χ2v) is 8.15. The van der Waals surface area contributed by atoms with Gasteiger partial charge in [-0.3, -0.25) is 9.52 Å². The Hall–Kier alpha value is -2.45. The Morgan fingerprint density at radius 3 is 2.48 bits per heavy atom. The van der Waals surface area contributed by atoms with Crippen LogP contribution in [-0.4, -0.2) is 34.1 Å². The SMILES string of the molecule is COc1ccc(NS(=O)(=O)c2ccc(OCC(=O)NC3CC3)cc2)cc1Cl. The van der Waals surface area contributed by atoms with Gasteiger partial charge in [0.25, 0.3) is 15.9 Å². The van der Waals surface area contributed by atoms with Crippen molar-refractivity contribution in [2.24, 2.45) is 0 Å². The molecule has 0 heterocycles. The number of rotatable bonds is 8. The van der Waals surface area contributed by atoms with Crippen molar-refractivity contribution in [2.75, 3.05) is 18.4 Å². The maximum Gasteiger partial charge on any atom is 0.261 e. The zero-order valence-corrected chi connectivity index (χ0v) is 16.1. The number of benzene rings is 2. The zero-order valence-electron chi connectivity index (χ0n) is 14.6. The van der Waals surface area contributed by atoms with Gasteiger partial charge in [0.1, 0.15) is 11.5 Å². The summed E-state index contributed by atoms with van der Waals surface area (Å²) in [7, 11) is -2.31. The van der Waals surface area contributed by atoms with Gasteiger partial charge >= 0.3 is 0 Å². The molecular formula is C18H19ClN2O5S. The summed E-state index contributed by atoms with van der Waals surface area (Å²) in [5.74, 6) is 0.673. The second kappa shape index (κ2) is 8.06. The van der Waals surface area contributed by atoms with Crippen molar-refractivity contribution in [3.05, 3.63) is 47.5 Å². The van der Waals surface area contributed by atoms with Gasteiger partial charge in [-0.25, -0.2) is 8.42 Å². The van der Waals surface area contributed by atoms with Crippen LogP contribution in [0.25, 0.3) is 0 Å². The number of sulfonamides is 1. The van der Waals surface area contributed by atoms with Crippen LogP contribution < -0.4 is 19.5 Å². The number of methoxy groups -OCH3 is 1. The summed E-state index contributed by atoms with van der Waals surface area (Å²) >= 11 is 6.01. The highest BCUT2D eigenvalue weighted by Crippen LogP contribution is 2.28. The lowest BCUT2D eigenvalue weighted by Crippen LogP contribution is -2.30. The molecule has 0 spiro atoms.